The van der Waals surface area contributed by atoms with Crippen molar-refractivity contribution in [2.45, 2.75) is 38.8 Å². The molecule has 1 heterocycles. The van der Waals surface area contributed by atoms with E-state index in [0.717, 1.165) is 30.1 Å². The van der Waals surface area contributed by atoms with Gasteiger partial charge in [-0.3, -0.25) is 4.90 Å². The Hall–Kier alpha value is -0.610. The van der Waals surface area contributed by atoms with Crippen molar-refractivity contribution in [3.8, 4) is 0 Å². The highest BCUT2D eigenvalue weighted by Crippen LogP contribution is 2.28. The zero-order valence-corrected chi connectivity index (χ0v) is 14.2. The van der Waals surface area contributed by atoms with Crippen LogP contribution in [0.2, 0.25) is 5.02 Å². The zero-order valence-electron chi connectivity index (χ0n) is 13.5. The lowest BCUT2D eigenvalue weighted by Gasteiger charge is -2.37. The van der Waals surface area contributed by atoms with Gasteiger partial charge < -0.3 is 10.6 Å². The van der Waals surface area contributed by atoms with Crippen LogP contribution in [0.15, 0.2) is 18.2 Å². The number of nitrogens with zero attached hydrogens (tertiary/aromatic N) is 2. The van der Waals surface area contributed by atoms with Gasteiger partial charge in [0.2, 0.25) is 0 Å². The quantitative estimate of drug-likeness (QED) is 0.928. The molecule has 3 nitrogen and oxygen atoms in total. The summed E-state index contributed by atoms with van der Waals surface area (Å²) < 4.78 is 0. The topological polar surface area (TPSA) is 32.5 Å². The summed E-state index contributed by atoms with van der Waals surface area (Å²) in [5, 5.41) is 0.839. The maximum absolute atomic E-state index is 6.31. The van der Waals surface area contributed by atoms with E-state index in [1.807, 2.05) is 6.92 Å². The van der Waals surface area contributed by atoms with E-state index in [0.29, 0.717) is 12.6 Å². The highest BCUT2D eigenvalue weighted by atomic mass is 35.5. The molecule has 21 heavy (non-hydrogen) atoms. The molecule has 1 fully saturated rings. The van der Waals surface area contributed by atoms with Crippen LogP contribution in [0.4, 0.5) is 0 Å². The minimum absolute atomic E-state index is 0.263. The molecule has 0 spiro atoms. The van der Waals surface area contributed by atoms with Crippen molar-refractivity contribution in [3.05, 3.63) is 34.3 Å². The number of hydrogen-bond donors (Lipinski definition) is 1. The molecular weight excluding hydrogens is 282 g/mol. The summed E-state index contributed by atoms with van der Waals surface area (Å²) in [5.41, 5.74) is 8.50. The number of rotatable bonds is 4. The predicted octanol–water partition coefficient (Wildman–Crippen LogP) is 3.06. The Morgan fingerprint density at radius 1 is 1.38 bits per heavy atom. The summed E-state index contributed by atoms with van der Waals surface area (Å²) in [6.45, 7) is 8.34. The minimum atomic E-state index is 0.263. The molecule has 2 atom stereocenters. The molecule has 0 radical (unpaired) electrons. The van der Waals surface area contributed by atoms with Gasteiger partial charge >= 0.3 is 0 Å². The highest BCUT2D eigenvalue weighted by Gasteiger charge is 2.28. The van der Waals surface area contributed by atoms with Crippen LogP contribution >= 0.6 is 11.6 Å². The van der Waals surface area contributed by atoms with Crippen molar-refractivity contribution in [3.63, 3.8) is 0 Å². The molecule has 0 aliphatic carbocycles. The molecular formula is C17H28ClN3. The van der Waals surface area contributed by atoms with Crippen molar-refractivity contribution < 1.29 is 0 Å². The molecule has 1 aromatic rings. The largest absolute Gasteiger partial charge is 0.329 e. The fourth-order valence-electron chi connectivity index (χ4n) is 3.31. The third-order valence-corrected chi connectivity index (χ3v) is 5.03. The van der Waals surface area contributed by atoms with Gasteiger partial charge in [-0.2, -0.15) is 0 Å². The summed E-state index contributed by atoms with van der Waals surface area (Å²) in [4.78, 5) is 5.02. The zero-order chi connectivity index (χ0) is 15.4. The van der Waals surface area contributed by atoms with Crippen molar-refractivity contribution >= 4 is 11.6 Å². The molecule has 2 unspecified atom stereocenters. The number of benzene rings is 1. The van der Waals surface area contributed by atoms with E-state index in [-0.39, 0.29) is 6.04 Å². The summed E-state index contributed by atoms with van der Waals surface area (Å²) >= 11 is 6.31. The number of nitrogens with two attached hydrogens (primary N) is 1. The van der Waals surface area contributed by atoms with Crippen LogP contribution < -0.4 is 5.73 Å². The first-order valence-electron chi connectivity index (χ1n) is 7.97. The molecule has 4 heteroatoms. The Kier molecular flexibility index (Phi) is 6.06. The maximum atomic E-state index is 6.31. The van der Waals surface area contributed by atoms with Crippen LogP contribution in [-0.2, 0) is 0 Å². The molecule has 0 aromatic heterocycles. The standard InChI is InChI=1S/C17H28ClN3/c1-4-15-12-20(3)8-5-9-21(15)17(11-19)14-7-6-13(2)16(18)10-14/h6-7,10,15,17H,4-5,8-9,11-12,19H2,1-3H3. The van der Waals surface area contributed by atoms with Gasteiger partial charge in [0.1, 0.15) is 0 Å². The van der Waals surface area contributed by atoms with E-state index in [4.69, 9.17) is 17.3 Å². The smallest absolute Gasteiger partial charge is 0.0474 e. The first kappa shape index (κ1) is 16.8. The highest BCUT2D eigenvalue weighted by molar-refractivity contribution is 6.31. The van der Waals surface area contributed by atoms with Gasteiger partial charge in [-0.15, -0.1) is 0 Å². The van der Waals surface area contributed by atoms with Gasteiger partial charge in [-0.05, 0) is 50.6 Å². The van der Waals surface area contributed by atoms with Crippen molar-refractivity contribution in [2.75, 3.05) is 33.2 Å². The Labute approximate surface area is 134 Å². The van der Waals surface area contributed by atoms with Gasteiger partial charge in [-0.25, -0.2) is 0 Å². The molecule has 0 bridgehead atoms. The average Bonchev–Trinajstić information content (AvgIpc) is 2.65. The third kappa shape index (κ3) is 3.98. The normalized spacial score (nSPS) is 23.0. The van der Waals surface area contributed by atoms with Crippen LogP contribution in [0, 0.1) is 6.92 Å². The van der Waals surface area contributed by atoms with Crippen LogP contribution in [0.25, 0.3) is 0 Å². The fraction of sp³-hybridized carbons (Fsp3) is 0.647. The van der Waals surface area contributed by atoms with Crippen LogP contribution in [0.1, 0.15) is 36.9 Å². The third-order valence-electron chi connectivity index (χ3n) is 4.62. The Balaban J connectivity index is 2.27. The van der Waals surface area contributed by atoms with Crippen molar-refractivity contribution in [2.24, 2.45) is 5.73 Å². The van der Waals surface area contributed by atoms with Crippen LogP contribution in [0.3, 0.4) is 0 Å². The Morgan fingerprint density at radius 3 is 2.76 bits per heavy atom. The van der Waals surface area contributed by atoms with Gasteiger partial charge in [0.05, 0.1) is 0 Å². The second-order valence-corrected chi connectivity index (χ2v) is 6.58. The Bertz CT molecular complexity index is 463. The first-order chi connectivity index (χ1) is 10.1. The molecule has 118 valence electrons. The lowest BCUT2D eigenvalue weighted by atomic mass is 10.0. The van der Waals surface area contributed by atoms with Gasteiger partial charge in [0, 0.05) is 36.7 Å². The van der Waals surface area contributed by atoms with E-state index >= 15 is 0 Å². The monoisotopic (exact) mass is 309 g/mol. The van der Waals surface area contributed by atoms with E-state index in [1.165, 1.54) is 18.5 Å². The Morgan fingerprint density at radius 2 is 2.14 bits per heavy atom. The van der Waals surface area contributed by atoms with E-state index in [2.05, 4.69) is 42.0 Å². The average molecular weight is 310 g/mol. The second-order valence-electron chi connectivity index (χ2n) is 6.18. The molecule has 1 aliphatic rings. The molecule has 0 amide bonds. The molecule has 1 aromatic carbocycles. The second kappa shape index (κ2) is 7.59. The maximum Gasteiger partial charge on any atom is 0.0474 e. The summed E-state index contributed by atoms with van der Waals surface area (Å²) in [6.07, 6.45) is 2.35. The molecule has 2 N–H and O–H groups in total. The van der Waals surface area contributed by atoms with Gasteiger partial charge in [-0.1, -0.05) is 30.7 Å². The van der Waals surface area contributed by atoms with Crippen LogP contribution in [-0.4, -0.2) is 49.1 Å². The number of hydrogen-bond acceptors (Lipinski definition) is 3. The molecule has 0 saturated carbocycles. The SMILES string of the molecule is CCC1CN(C)CCCN1C(CN)c1ccc(C)c(Cl)c1. The number of aryl methyl sites for hydroxylation is 1. The van der Waals surface area contributed by atoms with Crippen LogP contribution in [0.5, 0.6) is 0 Å². The lowest BCUT2D eigenvalue weighted by molar-refractivity contribution is 0.131. The van der Waals surface area contributed by atoms with Gasteiger partial charge in [0.15, 0.2) is 0 Å². The number of halogens is 1. The lowest BCUT2D eigenvalue weighted by Crippen LogP contribution is -2.44. The fourth-order valence-corrected chi connectivity index (χ4v) is 3.50. The first-order valence-corrected chi connectivity index (χ1v) is 8.35. The van der Waals surface area contributed by atoms with Crippen molar-refractivity contribution in [1.82, 2.24) is 9.80 Å². The summed E-state index contributed by atoms with van der Waals surface area (Å²) in [7, 11) is 2.21. The molecule has 1 aliphatic heterocycles. The van der Waals surface area contributed by atoms with E-state index in [1.54, 1.807) is 0 Å². The van der Waals surface area contributed by atoms with Gasteiger partial charge in [0.25, 0.3) is 0 Å². The summed E-state index contributed by atoms with van der Waals surface area (Å²) in [6, 6.07) is 7.20. The van der Waals surface area contributed by atoms with Crippen molar-refractivity contribution in [1.29, 1.82) is 0 Å². The molecule has 2 rings (SSSR count). The minimum Gasteiger partial charge on any atom is -0.329 e. The predicted molar refractivity (Wildman–Crippen MR) is 90.9 cm³/mol. The molecule has 1 saturated heterocycles. The van der Waals surface area contributed by atoms with E-state index < -0.39 is 0 Å². The van der Waals surface area contributed by atoms with E-state index in [9.17, 15) is 0 Å². The summed E-state index contributed by atoms with van der Waals surface area (Å²) in [5.74, 6) is 0. The number of likely N-dealkylation sites (N-methyl/N-ethyl adjacent to an activating group) is 1.